The number of ether oxygens (including phenoxy) is 3. The van der Waals surface area contributed by atoms with Gasteiger partial charge < -0.3 is 29.3 Å². The molecule has 58 heavy (non-hydrogen) atoms. The molecular formula is C50H53NO6S. The van der Waals surface area contributed by atoms with Crippen molar-refractivity contribution in [1.29, 1.82) is 0 Å². The van der Waals surface area contributed by atoms with E-state index in [0.29, 0.717) is 13.0 Å². The van der Waals surface area contributed by atoms with Crippen LogP contribution in [0.25, 0.3) is 21.9 Å². The zero-order chi connectivity index (χ0) is 39.9. The lowest BCUT2D eigenvalue weighted by Crippen LogP contribution is -2.64. The van der Waals surface area contributed by atoms with Crippen LogP contribution in [0, 0.1) is 17.8 Å². The molecule has 1 fully saturated rings. The molecule has 0 amide bonds. The van der Waals surface area contributed by atoms with Crippen LogP contribution >= 0.6 is 11.8 Å². The van der Waals surface area contributed by atoms with Crippen molar-refractivity contribution in [2.24, 2.45) is 22.9 Å². The molecular weight excluding hydrogens is 743 g/mol. The van der Waals surface area contributed by atoms with Gasteiger partial charge in [0.1, 0.15) is 24.4 Å². The van der Waals surface area contributed by atoms with Gasteiger partial charge in [0.2, 0.25) is 5.79 Å². The van der Waals surface area contributed by atoms with Crippen LogP contribution in [-0.4, -0.2) is 53.9 Å². The topological polar surface area (TPSA) is 89.7 Å². The number of hydrogen-bond acceptors (Lipinski definition) is 8. The molecule has 0 saturated heterocycles. The average Bonchev–Trinajstić information content (AvgIpc) is 3.26. The lowest BCUT2D eigenvalue weighted by molar-refractivity contribution is -0.223. The summed E-state index contributed by atoms with van der Waals surface area (Å²) in [6.45, 7) is 4.70. The Kier molecular flexibility index (Phi) is 12.7. The van der Waals surface area contributed by atoms with Gasteiger partial charge in [-0.05, 0) is 107 Å². The number of fused-ring (bicyclic) bond motifs is 3. The summed E-state index contributed by atoms with van der Waals surface area (Å²) < 4.78 is 21.1. The standard InChI is InChI=1S/C50H53NO6S/c1-3-29-55-50-47(58-41-25-21-35-15-7-8-16-37(35)30-41)33-45(51-54-2)43-31-38(17-9-11-27-52)42(18-10-12-28-53)48(49(43)50)44-32-40(24-26-46(44)57-50)56-39-22-19-36(20-23-39)34-13-5-4-6-14-34/h3-8,13-16,19-26,30-32,38,42,47-49,52-53H,1,9-12,17-18,27-29,33H2,2H3. The quantitative estimate of drug-likeness (QED) is 0.0550. The van der Waals surface area contributed by atoms with Gasteiger partial charge in [-0.3, -0.25) is 0 Å². The van der Waals surface area contributed by atoms with Crippen molar-refractivity contribution in [3.05, 3.63) is 145 Å². The van der Waals surface area contributed by atoms with E-state index in [2.05, 4.69) is 91.5 Å². The van der Waals surface area contributed by atoms with Crippen molar-refractivity contribution >= 4 is 28.2 Å². The van der Waals surface area contributed by atoms with Crippen molar-refractivity contribution in [3.8, 4) is 28.4 Å². The monoisotopic (exact) mass is 795 g/mol. The number of allylic oxidation sites excluding steroid dienone is 1. The Morgan fingerprint density at radius 3 is 2.29 bits per heavy atom. The van der Waals surface area contributed by atoms with Crippen molar-refractivity contribution in [1.82, 2.24) is 0 Å². The molecule has 1 saturated carbocycles. The molecule has 6 unspecified atom stereocenters. The molecule has 6 atom stereocenters. The number of hydrogen-bond donors (Lipinski definition) is 2. The van der Waals surface area contributed by atoms with Gasteiger partial charge in [0.15, 0.2) is 0 Å². The first-order chi connectivity index (χ1) is 28.5. The molecule has 2 N–H and O–H groups in total. The van der Waals surface area contributed by atoms with Gasteiger partial charge in [-0.2, -0.15) is 0 Å². The first kappa shape index (κ1) is 39.9. The predicted molar refractivity (Wildman–Crippen MR) is 234 cm³/mol. The van der Waals surface area contributed by atoms with Crippen molar-refractivity contribution in [2.45, 2.75) is 66.8 Å². The minimum absolute atomic E-state index is 0.0301. The molecule has 0 bridgehead atoms. The van der Waals surface area contributed by atoms with Crippen LogP contribution in [0.1, 0.15) is 56.4 Å². The Morgan fingerprint density at radius 2 is 1.53 bits per heavy atom. The number of thioether (sulfide) groups is 1. The fourth-order valence-corrected chi connectivity index (χ4v) is 10.8. The zero-order valence-corrected chi connectivity index (χ0v) is 34.0. The van der Waals surface area contributed by atoms with Gasteiger partial charge >= 0.3 is 0 Å². The Bertz CT molecular complexity index is 2240. The first-order valence-corrected chi connectivity index (χ1v) is 21.5. The molecule has 5 aromatic carbocycles. The highest BCUT2D eigenvalue weighted by Crippen LogP contribution is 2.63. The van der Waals surface area contributed by atoms with E-state index in [9.17, 15) is 10.2 Å². The second-order valence-electron chi connectivity index (χ2n) is 15.5. The molecule has 0 radical (unpaired) electrons. The molecule has 7 nitrogen and oxygen atoms in total. The number of unbranched alkanes of at least 4 members (excludes halogenated alkanes) is 2. The van der Waals surface area contributed by atoms with Crippen molar-refractivity contribution in [3.63, 3.8) is 0 Å². The lowest BCUT2D eigenvalue weighted by Gasteiger charge is -2.58. The number of oxime groups is 1. The van der Waals surface area contributed by atoms with Gasteiger partial charge in [0.05, 0.1) is 23.5 Å². The first-order valence-electron chi connectivity index (χ1n) is 20.7. The number of aliphatic hydroxyl groups excluding tert-OH is 2. The zero-order valence-electron chi connectivity index (χ0n) is 33.2. The summed E-state index contributed by atoms with van der Waals surface area (Å²) in [6, 6.07) is 39.8. The normalized spacial score (nSPS) is 24.0. The van der Waals surface area contributed by atoms with Crippen LogP contribution in [0.4, 0.5) is 0 Å². The molecule has 300 valence electrons. The molecule has 0 spiro atoms. The highest BCUT2D eigenvalue weighted by atomic mass is 32.2. The summed E-state index contributed by atoms with van der Waals surface area (Å²) in [4.78, 5) is 6.74. The maximum absolute atomic E-state index is 9.95. The molecule has 1 aliphatic heterocycles. The second-order valence-corrected chi connectivity index (χ2v) is 16.8. The number of aliphatic hydroxyl groups is 2. The summed E-state index contributed by atoms with van der Waals surface area (Å²) >= 11 is 1.77. The van der Waals surface area contributed by atoms with Crippen LogP contribution in [-0.2, 0) is 9.57 Å². The van der Waals surface area contributed by atoms with E-state index >= 15 is 0 Å². The van der Waals surface area contributed by atoms with E-state index in [1.807, 2.05) is 42.5 Å². The summed E-state index contributed by atoms with van der Waals surface area (Å²) in [5.74, 6) is 1.35. The van der Waals surface area contributed by atoms with Crippen LogP contribution in [0.2, 0.25) is 0 Å². The smallest absolute Gasteiger partial charge is 0.231 e. The Labute approximate surface area is 346 Å². The van der Waals surface area contributed by atoms with E-state index in [1.165, 1.54) is 10.8 Å². The fourth-order valence-electron chi connectivity index (χ4n) is 9.49. The SMILES string of the molecule is C=CCOC12Oc3ccc(Oc4ccc(-c5ccccc5)cc4)cc3C3C(CCCCO)C(CCCCO)C=C(C(=NOC)CC1Sc1ccc4ccccc4c1)C32. The van der Waals surface area contributed by atoms with Crippen LogP contribution < -0.4 is 9.47 Å². The highest BCUT2D eigenvalue weighted by Gasteiger charge is 2.64. The van der Waals surface area contributed by atoms with Crippen molar-refractivity contribution in [2.75, 3.05) is 26.9 Å². The Morgan fingerprint density at radius 1 is 0.810 bits per heavy atom. The van der Waals surface area contributed by atoms with Crippen LogP contribution in [0.15, 0.2) is 150 Å². The third-order valence-corrected chi connectivity index (χ3v) is 13.3. The van der Waals surface area contributed by atoms with E-state index in [-0.39, 0.29) is 42.1 Å². The third kappa shape index (κ3) is 8.21. The van der Waals surface area contributed by atoms with Crippen LogP contribution in [0.5, 0.6) is 17.2 Å². The third-order valence-electron chi connectivity index (χ3n) is 12.0. The van der Waals surface area contributed by atoms with Gasteiger partial charge in [-0.1, -0.05) is 103 Å². The maximum Gasteiger partial charge on any atom is 0.231 e. The number of nitrogens with zero attached hydrogens (tertiary/aromatic N) is 1. The molecule has 1 heterocycles. The molecule has 3 aliphatic rings. The molecule has 2 aliphatic carbocycles. The van der Waals surface area contributed by atoms with E-state index in [4.69, 9.17) is 24.2 Å². The number of benzene rings is 5. The number of rotatable bonds is 17. The average molecular weight is 796 g/mol. The second kappa shape index (κ2) is 18.4. The minimum Gasteiger partial charge on any atom is -0.460 e. The van der Waals surface area contributed by atoms with E-state index < -0.39 is 5.79 Å². The van der Waals surface area contributed by atoms with Gasteiger partial charge in [-0.25, -0.2) is 0 Å². The van der Waals surface area contributed by atoms with Crippen LogP contribution in [0.3, 0.4) is 0 Å². The van der Waals surface area contributed by atoms with Gasteiger partial charge in [0.25, 0.3) is 0 Å². The summed E-state index contributed by atoms with van der Waals surface area (Å²) in [5, 5.41) is 26.7. The van der Waals surface area contributed by atoms with E-state index in [1.54, 1.807) is 18.9 Å². The largest absolute Gasteiger partial charge is 0.460 e. The highest BCUT2D eigenvalue weighted by molar-refractivity contribution is 8.00. The lowest BCUT2D eigenvalue weighted by atomic mass is 9.56. The van der Waals surface area contributed by atoms with Gasteiger partial charge in [0, 0.05) is 36.0 Å². The fraction of sp³-hybridized carbons (Fsp3) is 0.340. The molecule has 5 aromatic rings. The summed E-state index contributed by atoms with van der Waals surface area (Å²) in [7, 11) is 1.62. The maximum atomic E-state index is 9.95. The summed E-state index contributed by atoms with van der Waals surface area (Å²) in [5.41, 5.74) is 5.38. The van der Waals surface area contributed by atoms with Gasteiger partial charge in [-0.15, -0.1) is 18.3 Å². The molecule has 8 heteroatoms. The van der Waals surface area contributed by atoms with Crippen molar-refractivity contribution < 1.29 is 29.3 Å². The Balaban J connectivity index is 1.25. The van der Waals surface area contributed by atoms with E-state index in [0.717, 1.165) is 88.6 Å². The minimum atomic E-state index is -1.07. The molecule has 0 aromatic heterocycles. The molecule has 8 rings (SSSR count). The Hall–Kier alpha value is -4.86. The predicted octanol–water partition coefficient (Wildman–Crippen LogP) is 11.4. The summed E-state index contributed by atoms with van der Waals surface area (Å²) in [6.07, 6.45) is 9.91.